The molecule has 1 saturated carbocycles. The molecule has 11 nitrogen and oxygen atoms in total. The van der Waals surface area contributed by atoms with Crippen molar-refractivity contribution in [2.75, 3.05) is 13.7 Å². The quantitative estimate of drug-likeness (QED) is 0.397. The average Bonchev–Trinajstić information content (AvgIpc) is 3.55. The monoisotopic (exact) mass is 658 g/mol. The lowest BCUT2D eigenvalue weighted by molar-refractivity contribution is -0.151. The number of benzene rings is 1. The maximum Gasteiger partial charge on any atom is 0.408 e. The third-order valence-electron chi connectivity index (χ3n) is 9.73. The molecule has 3 aliphatic rings. The highest BCUT2D eigenvalue weighted by atomic mass is 19.3. The summed E-state index contributed by atoms with van der Waals surface area (Å²) in [7, 11) is 1.47. The number of methoxy groups -OCH3 is 1. The molecular weight excluding hydrogens is 614 g/mol. The number of alkyl halides is 2. The van der Waals surface area contributed by atoms with E-state index in [1.165, 1.54) is 7.11 Å². The number of hydrogen-bond acceptors (Lipinski definition) is 8. The molecule has 0 spiro atoms. The lowest BCUT2D eigenvalue weighted by atomic mass is 9.85. The van der Waals surface area contributed by atoms with Crippen LogP contribution in [0.25, 0.3) is 11.0 Å². The van der Waals surface area contributed by atoms with Gasteiger partial charge in [0.15, 0.2) is 5.69 Å². The Hall–Kier alpha value is -4.03. The number of amides is 2. The first-order chi connectivity index (χ1) is 22.1. The van der Waals surface area contributed by atoms with Gasteiger partial charge in [0, 0.05) is 18.4 Å². The van der Waals surface area contributed by atoms with E-state index in [9.17, 15) is 19.5 Å². The maximum atomic E-state index is 16.1. The molecule has 2 N–H and O–H groups in total. The summed E-state index contributed by atoms with van der Waals surface area (Å²) in [6, 6.07) is 2.19. The molecule has 0 unspecified atom stereocenters. The standard InChI is InChI=1S/C34H44F2N4O7/c1-7-19-14-20-10-8-9-13-34(35,36)27-29(38-23-16-21(45-6)11-12-22(23)37-27)46-25-17-40(26(18(25)2)31(42)43)30(41)28(33(3,4)5)39-32(44)47-24(20)15-19/h7,11-12,16,18-20,24-26,28H,1,8-10,13-15,17H2,2-6H3,(H,39,44)(H,42,43)/t18-,19-,20-,24-,25+,26+,28-/m1/s1. The fourth-order valence-electron chi connectivity index (χ4n) is 7.04. The van der Waals surface area contributed by atoms with E-state index in [-0.39, 0.29) is 35.8 Å². The summed E-state index contributed by atoms with van der Waals surface area (Å²) in [5, 5.41) is 13.0. The van der Waals surface area contributed by atoms with Gasteiger partial charge in [-0.25, -0.2) is 19.6 Å². The number of fused-ring (bicyclic) bond motifs is 5. The number of carboxylic acid groups (broad SMARTS) is 1. The summed E-state index contributed by atoms with van der Waals surface area (Å²) in [5.74, 6) is -6.16. The van der Waals surface area contributed by atoms with E-state index in [2.05, 4.69) is 21.9 Å². The number of carbonyl (C=O) groups excluding carboxylic acids is 2. The summed E-state index contributed by atoms with van der Waals surface area (Å²) in [6.07, 6.45) is 1.40. The smallest absolute Gasteiger partial charge is 0.408 e. The Kier molecular flexibility index (Phi) is 9.66. The first-order valence-corrected chi connectivity index (χ1v) is 16.2. The Labute approximate surface area is 273 Å². The first-order valence-electron chi connectivity index (χ1n) is 16.2. The van der Waals surface area contributed by atoms with Crippen molar-refractivity contribution in [2.45, 2.75) is 96.4 Å². The molecule has 3 heterocycles. The molecular formula is C34H44F2N4O7. The molecule has 1 aromatic heterocycles. The Bertz CT molecular complexity index is 1530. The van der Waals surface area contributed by atoms with Gasteiger partial charge in [0.25, 0.3) is 5.92 Å². The Morgan fingerprint density at radius 3 is 2.55 bits per heavy atom. The van der Waals surface area contributed by atoms with E-state index in [1.807, 2.05) is 6.08 Å². The number of alkyl carbamates (subject to hydrolysis) is 1. The molecule has 7 atom stereocenters. The van der Waals surface area contributed by atoms with Gasteiger partial charge in [-0.1, -0.05) is 40.2 Å². The lowest BCUT2D eigenvalue weighted by Gasteiger charge is -2.35. The second-order valence-corrected chi connectivity index (χ2v) is 14.1. The van der Waals surface area contributed by atoms with E-state index >= 15 is 8.78 Å². The summed E-state index contributed by atoms with van der Waals surface area (Å²) < 4.78 is 49.4. The van der Waals surface area contributed by atoms with E-state index in [1.54, 1.807) is 45.9 Å². The number of aliphatic carboxylic acids is 1. The van der Waals surface area contributed by atoms with Crippen molar-refractivity contribution < 1.29 is 42.5 Å². The molecule has 2 amide bonds. The fraction of sp³-hybridized carbons (Fsp3) is 0.618. The van der Waals surface area contributed by atoms with E-state index in [0.29, 0.717) is 31.4 Å². The molecule has 2 bridgehead atoms. The van der Waals surface area contributed by atoms with Crippen LogP contribution in [0.2, 0.25) is 0 Å². The lowest BCUT2D eigenvalue weighted by Crippen LogP contribution is -2.57. The molecule has 0 radical (unpaired) electrons. The van der Waals surface area contributed by atoms with Crippen LogP contribution in [0.15, 0.2) is 30.9 Å². The molecule has 1 aromatic carbocycles. The second-order valence-electron chi connectivity index (χ2n) is 14.1. The number of carboxylic acids is 1. The summed E-state index contributed by atoms with van der Waals surface area (Å²) in [6.45, 7) is 10.5. The number of carbonyl (C=O) groups is 3. The summed E-state index contributed by atoms with van der Waals surface area (Å²) >= 11 is 0. The zero-order chi connectivity index (χ0) is 34.3. The number of aromatic nitrogens is 2. The van der Waals surface area contributed by atoms with Crippen LogP contribution in [0.1, 0.15) is 71.9 Å². The van der Waals surface area contributed by atoms with Crippen molar-refractivity contribution in [3.63, 3.8) is 0 Å². The average molecular weight is 659 g/mol. The van der Waals surface area contributed by atoms with Gasteiger partial charge in [0.2, 0.25) is 11.8 Å². The van der Waals surface area contributed by atoms with Crippen molar-refractivity contribution >= 4 is 29.0 Å². The van der Waals surface area contributed by atoms with Gasteiger partial charge in [-0.15, -0.1) is 6.58 Å². The molecule has 2 aromatic rings. The molecule has 13 heteroatoms. The minimum Gasteiger partial charge on any atom is -0.497 e. The largest absolute Gasteiger partial charge is 0.497 e. The molecule has 1 saturated heterocycles. The number of nitrogens with zero attached hydrogens (tertiary/aromatic N) is 3. The molecule has 2 aliphatic heterocycles. The predicted octanol–water partition coefficient (Wildman–Crippen LogP) is 5.70. The molecule has 1 aliphatic carbocycles. The third-order valence-corrected chi connectivity index (χ3v) is 9.73. The van der Waals surface area contributed by atoms with Crippen molar-refractivity contribution in [1.29, 1.82) is 0 Å². The SMILES string of the molecule is C=C[C@@H]1C[C@H]2CCCCC(F)(F)c3nc4ccc(OC)cc4nc3O[C@H]3CN(C(=O)[C@H](C(C)(C)C)NC(=O)O[C@@H]2C1)[C@H](C(=O)O)[C@@H]3C. The number of ether oxygens (including phenoxy) is 3. The van der Waals surface area contributed by atoms with Gasteiger partial charge < -0.3 is 29.5 Å². The van der Waals surface area contributed by atoms with Crippen LogP contribution < -0.4 is 14.8 Å². The molecule has 5 rings (SSSR count). The highest BCUT2D eigenvalue weighted by Crippen LogP contribution is 2.42. The van der Waals surface area contributed by atoms with Gasteiger partial charge in [-0.05, 0) is 55.1 Å². The first kappa shape index (κ1) is 34.3. The molecule has 47 heavy (non-hydrogen) atoms. The van der Waals surface area contributed by atoms with Gasteiger partial charge in [-0.2, -0.15) is 8.78 Å². The van der Waals surface area contributed by atoms with Gasteiger partial charge in [0.05, 0.1) is 24.7 Å². The number of hydrogen-bond donors (Lipinski definition) is 2. The minimum atomic E-state index is -3.43. The topological polar surface area (TPSA) is 140 Å². The van der Waals surface area contributed by atoms with E-state index in [4.69, 9.17) is 14.2 Å². The number of nitrogens with one attached hydrogen (secondary N) is 1. The van der Waals surface area contributed by atoms with E-state index < -0.39 is 77.5 Å². The van der Waals surface area contributed by atoms with Crippen LogP contribution in [-0.4, -0.2) is 75.9 Å². The van der Waals surface area contributed by atoms with Crippen LogP contribution in [0.5, 0.6) is 11.6 Å². The van der Waals surface area contributed by atoms with Crippen molar-refractivity contribution in [3.05, 3.63) is 36.5 Å². The zero-order valence-electron chi connectivity index (χ0n) is 27.5. The fourth-order valence-corrected chi connectivity index (χ4v) is 7.04. The van der Waals surface area contributed by atoms with Gasteiger partial charge in [-0.3, -0.25) is 4.79 Å². The highest BCUT2D eigenvalue weighted by molar-refractivity contribution is 5.90. The van der Waals surface area contributed by atoms with Crippen molar-refractivity contribution in [2.24, 2.45) is 23.2 Å². The predicted molar refractivity (Wildman–Crippen MR) is 168 cm³/mol. The van der Waals surface area contributed by atoms with Crippen molar-refractivity contribution in [1.82, 2.24) is 20.2 Å². The van der Waals surface area contributed by atoms with Crippen LogP contribution >= 0.6 is 0 Å². The molecule has 2 fully saturated rings. The maximum absolute atomic E-state index is 16.1. The van der Waals surface area contributed by atoms with Crippen LogP contribution in [0.4, 0.5) is 13.6 Å². The third kappa shape index (κ3) is 7.13. The number of allylic oxidation sites excluding steroid dienone is 1. The minimum absolute atomic E-state index is 0.0778. The van der Waals surface area contributed by atoms with Crippen LogP contribution in [-0.2, 0) is 20.2 Å². The highest BCUT2D eigenvalue weighted by Gasteiger charge is 2.51. The number of rotatable bonds is 3. The number of halogens is 2. The van der Waals surface area contributed by atoms with Gasteiger partial charge in [0.1, 0.15) is 30.0 Å². The van der Waals surface area contributed by atoms with E-state index in [0.717, 1.165) is 4.90 Å². The Morgan fingerprint density at radius 1 is 1.15 bits per heavy atom. The molecule has 256 valence electrons. The van der Waals surface area contributed by atoms with Crippen molar-refractivity contribution in [3.8, 4) is 11.6 Å². The van der Waals surface area contributed by atoms with Crippen LogP contribution in [0, 0.1) is 23.2 Å². The second kappa shape index (κ2) is 13.2. The van der Waals surface area contributed by atoms with Gasteiger partial charge >= 0.3 is 12.1 Å². The Morgan fingerprint density at radius 2 is 1.89 bits per heavy atom. The summed E-state index contributed by atoms with van der Waals surface area (Å²) in [4.78, 5) is 49.9. The van der Waals surface area contributed by atoms with Crippen LogP contribution in [0.3, 0.4) is 0 Å². The summed E-state index contributed by atoms with van der Waals surface area (Å²) in [5.41, 5.74) is -0.999. The zero-order valence-corrected chi connectivity index (χ0v) is 27.5. The Balaban J connectivity index is 1.58. The normalized spacial score (nSPS) is 30.2.